The fourth-order valence-corrected chi connectivity index (χ4v) is 2.68. The molecular formula is C16H23N5O3. The molecule has 1 atom stereocenters. The van der Waals surface area contributed by atoms with Gasteiger partial charge in [-0.2, -0.15) is 4.98 Å². The maximum atomic E-state index is 9.02. The van der Waals surface area contributed by atoms with E-state index in [1.165, 1.54) is 0 Å². The molecule has 0 aromatic carbocycles. The van der Waals surface area contributed by atoms with E-state index < -0.39 is 0 Å². The number of anilines is 2. The van der Waals surface area contributed by atoms with Crippen LogP contribution < -0.4 is 10.2 Å². The van der Waals surface area contributed by atoms with Gasteiger partial charge >= 0.3 is 0 Å². The molecule has 2 aromatic heterocycles. The number of aryl methyl sites for hydroxylation is 1. The Balaban J connectivity index is 1.82. The third kappa shape index (κ3) is 4.01. The zero-order valence-electron chi connectivity index (χ0n) is 14.0. The lowest BCUT2D eigenvalue weighted by Crippen LogP contribution is -2.20. The second-order valence-electron chi connectivity index (χ2n) is 5.98. The number of hydrogen-bond acceptors (Lipinski definition) is 8. The maximum Gasteiger partial charge on any atom is 0.224 e. The third-order valence-electron chi connectivity index (χ3n) is 3.94. The van der Waals surface area contributed by atoms with Crippen LogP contribution in [0.2, 0.25) is 0 Å². The molecule has 1 saturated heterocycles. The van der Waals surface area contributed by atoms with Gasteiger partial charge in [0.1, 0.15) is 5.82 Å². The fraction of sp³-hybridized carbons (Fsp3) is 0.562. The molecule has 1 aliphatic heterocycles. The standard InChI is InChI=1S/C16H23N5O3/c1-11-7-13(24-20-11)9-21(2)15-8-14(12-3-6-23-10-12)18-16(19-15)17-4-5-22/h7-8,12,22H,3-6,9-10H2,1-2H3,(H,17,18,19)/t12-/m0/s1. The van der Waals surface area contributed by atoms with Gasteiger partial charge in [0.25, 0.3) is 0 Å². The monoisotopic (exact) mass is 333 g/mol. The third-order valence-corrected chi connectivity index (χ3v) is 3.94. The van der Waals surface area contributed by atoms with Crippen LogP contribution in [0.3, 0.4) is 0 Å². The van der Waals surface area contributed by atoms with E-state index >= 15 is 0 Å². The Bertz CT molecular complexity index is 669. The molecule has 1 aliphatic rings. The van der Waals surface area contributed by atoms with Crippen molar-refractivity contribution < 1.29 is 14.4 Å². The van der Waals surface area contributed by atoms with Crippen molar-refractivity contribution in [2.45, 2.75) is 25.8 Å². The van der Waals surface area contributed by atoms with Crippen molar-refractivity contribution in [1.29, 1.82) is 0 Å². The summed E-state index contributed by atoms with van der Waals surface area (Å²) in [5, 5.41) is 16.0. The van der Waals surface area contributed by atoms with Crippen LogP contribution in [0.1, 0.15) is 29.5 Å². The molecule has 2 N–H and O–H groups in total. The summed E-state index contributed by atoms with van der Waals surface area (Å²) >= 11 is 0. The molecule has 3 heterocycles. The van der Waals surface area contributed by atoms with E-state index in [2.05, 4.69) is 20.4 Å². The fourth-order valence-electron chi connectivity index (χ4n) is 2.68. The molecule has 8 heteroatoms. The molecule has 0 unspecified atom stereocenters. The summed E-state index contributed by atoms with van der Waals surface area (Å²) in [6.45, 7) is 4.35. The van der Waals surface area contributed by atoms with Gasteiger partial charge in [-0.05, 0) is 13.3 Å². The van der Waals surface area contributed by atoms with Gasteiger partial charge in [-0.25, -0.2) is 4.98 Å². The van der Waals surface area contributed by atoms with Crippen molar-refractivity contribution in [3.63, 3.8) is 0 Å². The minimum atomic E-state index is 0.0304. The number of aliphatic hydroxyl groups excluding tert-OH is 1. The van der Waals surface area contributed by atoms with Gasteiger partial charge in [0.15, 0.2) is 5.76 Å². The molecule has 0 bridgehead atoms. The Morgan fingerprint density at radius 2 is 2.25 bits per heavy atom. The molecule has 0 radical (unpaired) electrons. The number of ether oxygens (including phenoxy) is 1. The minimum Gasteiger partial charge on any atom is -0.395 e. The second kappa shape index (κ2) is 7.59. The number of nitrogens with one attached hydrogen (secondary N) is 1. The topological polar surface area (TPSA) is 96.5 Å². The Hall–Kier alpha value is -2.19. The summed E-state index contributed by atoms with van der Waals surface area (Å²) in [5.41, 5.74) is 1.81. The Labute approximate surface area is 140 Å². The lowest BCUT2D eigenvalue weighted by Gasteiger charge is -2.19. The highest BCUT2D eigenvalue weighted by Gasteiger charge is 2.21. The number of aliphatic hydroxyl groups is 1. The predicted octanol–water partition coefficient (Wildman–Crippen LogP) is 1.32. The van der Waals surface area contributed by atoms with E-state index in [0.29, 0.717) is 25.6 Å². The van der Waals surface area contributed by atoms with Crippen molar-refractivity contribution in [2.75, 3.05) is 43.6 Å². The first-order valence-electron chi connectivity index (χ1n) is 8.10. The van der Waals surface area contributed by atoms with Crippen molar-refractivity contribution in [1.82, 2.24) is 15.1 Å². The van der Waals surface area contributed by atoms with Crippen molar-refractivity contribution >= 4 is 11.8 Å². The largest absolute Gasteiger partial charge is 0.395 e. The number of rotatable bonds is 7. The number of nitrogens with zero attached hydrogens (tertiary/aromatic N) is 4. The molecule has 8 nitrogen and oxygen atoms in total. The van der Waals surface area contributed by atoms with Gasteiger partial charge in [0.05, 0.1) is 31.1 Å². The molecule has 24 heavy (non-hydrogen) atoms. The van der Waals surface area contributed by atoms with Crippen LogP contribution in [0.15, 0.2) is 16.7 Å². The van der Waals surface area contributed by atoms with Crippen molar-refractivity contribution in [2.24, 2.45) is 0 Å². The highest BCUT2D eigenvalue weighted by atomic mass is 16.5. The van der Waals surface area contributed by atoms with Gasteiger partial charge in [-0.3, -0.25) is 0 Å². The molecular weight excluding hydrogens is 310 g/mol. The summed E-state index contributed by atoms with van der Waals surface area (Å²) in [7, 11) is 1.95. The Morgan fingerprint density at radius 3 is 2.92 bits per heavy atom. The lowest BCUT2D eigenvalue weighted by molar-refractivity contribution is 0.193. The van der Waals surface area contributed by atoms with Crippen LogP contribution in [0.25, 0.3) is 0 Å². The van der Waals surface area contributed by atoms with Crippen molar-refractivity contribution in [3.8, 4) is 0 Å². The molecule has 0 spiro atoms. The summed E-state index contributed by atoms with van der Waals surface area (Å²) < 4.78 is 10.8. The number of hydrogen-bond donors (Lipinski definition) is 2. The molecule has 0 saturated carbocycles. The van der Waals surface area contributed by atoms with E-state index in [1.54, 1.807) is 0 Å². The van der Waals surface area contributed by atoms with Crippen molar-refractivity contribution in [3.05, 3.63) is 29.3 Å². The van der Waals surface area contributed by atoms with Crippen LogP contribution in [0, 0.1) is 6.92 Å². The molecule has 1 fully saturated rings. The molecule has 0 amide bonds. The number of aromatic nitrogens is 3. The zero-order valence-corrected chi connectivity index (χ0v) is 14.0. The van der Waals surface area contributed by atoms with Crippen LogP contribution in [0.4, 0.5) is 11.8 Å². The van der Waals surface area contributed by atoms with E-state index in [-0.39, 0.29) is 12.5 Å². The average molecular weight is 333 g/mol. The van der Waals surface area contributed by atoms with Gasteiger partial charge in [0, 0.05) is 38.2 Å². The zero-order chi connectivity index (χ0) is 16.9. The van der Waals surface area contributed by atoms with Gasteiger partial charge in [-0.15, -0.1) is 0 Å². The van der Waals surface area contributed by atoms with E-state index in [9.17, 15) is 0 Å². The smallest absolute Gasteiger partial charge is 0.224 e. The second-order valence-corrected chi connectivity index (χ2v) is 5.98. The van der Waals surface area contributed by atoms with Crippen LogP contribution >= 0.6 is 0 Å². The van der Waals surface area contributed by atoms with E-state index in [4.69, 9.17) is 14.4 Å². The highest BCUT2D eigenvalue weighted by Crippen LogP contribution is 2.27. The van der Waals surface area contributed by atoms with Gasteiger partial charge in [0.2, 0.25) is 5.95 Å². The Morgan fingerprint density at radius 1 is 1.38 bits per heavy atom. The van der Waals surface area contributed by atoms with Crippen LogP contribution in [-0.2, 0) is 11.3 Å². The molecule has 0 aliphatic carbocycles. The minimum absolute atomic E-state index is 0.0304. The van der Waals surface area contributed by atoms with E-state index in [1.807, 2.05) is 31.0 Å². The molecule has 130 valence electrons. The summed E-state index contributed by atoms with van der Waals surface area (Å²) in [6.07, 6.45) is 0.959. The first-order valence-corrected chi connectivity index (χ1v) is 8.10. The normalized spacial score (nSPS) is 17.2. The summed E-state index contributed by atoms with van der Waals surface area (Å²) in [4.78, 5) is 11.1. The first-order chi connectivity index (χ1) is 11.7. The van der Waals surface area contributed by atoms with Crippen LogP contribution in [0.5, 0.6) is 0 Å². The maximum absolute atomic E-state index is 9.02. The SMILES string of the molecule is Cc1cc(CN(C)c2cc([C@H]3CCOC3)nc(NCCO)n2)on1. The Kier molecular flexibility index (Phi) is 5.27. The molecule has 2 aromatic rings. The van der Waals surface area contributed by atoms with Gasteiger partial charge < -0.3 is 24.6 Å². The lowest BCUT2D eigenvalue weighted by atomic mass is 10.0. The van der Waals surface area contributed by atoms with E-state index in [0.717, 1.165) is 36.0 Å². The first kappa shape index (κ1) is 16.7. The van der Waals surface area contributed by atoms with Gasteiger partial charge in [-0.1, -0.05) is 5.16 Å². The average Bonchev–Trinajstić information content (AvgIpc) is 3.24. The summed E-state index contributed by atoms with van der Waals surface area (Å²) in [5.74, 6) is 2.37. The molecule has 3 rings (SSSR count). The summed E-state index contributed by atoms with van der Waals surface area (Å²) in [6, 6.07) is 3.90. The highest BCUT2D eigenvalue weighted by molar-refractivity contribution is 5.45. The predicted molar refractivity (Wildman–Crippen MR) is 89.1 cm³/mol. The quantitative estimate of drug-likeness (QED) is 0.783. The van der Waals surface area contributed by atoms with Crippen LogP contribution in [-0.4, -0.2) is 53.6 Å².